The van der Waals surface area contributed by atoms with Gasteiger partial charge in [0.25, 0.3) is 0 Å². The number of fused-ring (bicyclic) bond motifs is 3. The first kappa shape index (κ1) is 19.8. The van der Waals surface area contributed by atoms with Gasteiger partial charge in [-0.2, -0.15) is 0 Å². The molecule has 1 aliphatic carbocycles. The van der Waals surface area contributed by atoms with Crippen LogP contribution in [0.2, 0.25) is 0 Å². The summed E-state index contributed by atoms with van der Waals surface area (Å²) in [6.07, 6.45) is -0.0368. The van der Waals surface area contributed by atoms with Crippen molar-refractivity contribution in [3.05, 3.63) is 45.1 Å². The van der Waals surface area contributed by atoms with Gasteiger partial charge in [0.15, 0.2) is 0 Å². The molecule has 0 saturated heterocycles. The van der Waals surface area contributed by atoms with Crippen molar-refractivity contribution in [2.45, 2.75) is 32.3 Å². The minimum atomic E-state index is -1.23. The molecule has 2 aliphatic rings. The van der Waals surface area contributed by atoms with E-state index in [0.29, 0.717) is 23.4 Å². The third-order valence-electron chi connectivity index (χ3n) is 5.61. The number of aliphatic imine (C=N–C) groups is 1. The predicted molar refractivity (Wildman–Crippen MR) is 104 cm³/mol. The highest BCUT2D eigenvalue weighted by molar-refractivity contribution is 9.10. The number of nitrogens with zero attached hydrogens (tertiary/aromatic N) is 1. The number of ether oxygens (including phenoxy) is 3. The molecular formula is C20H22BrNO5. The van der Waals surface area contributed by atoms with Crippen LogP contribution < -0.4 is 0 Å². The minimum absolute atomic E-state index is 0.360. The van der Waals surface area contributed by atoms with Crippen molar-refractivity contribution in [1.82, 2.24) is 0 Å². The highest BCUT2D eigenvalue weighted by atomic mass is 79.9. The predicted octanol–water partition coefficient (Wildman–Crippen LogP) is 3.18. The number of methoxy groups -OCH3 is 3. The molecule has 144 valence electrons. The normalized spacial score (nSPS) is 26.7. The van der Waals surface area contributed by atoms with Crippen LogP contribution in [0, 0.1) is 5.41 Å². The van der Waals surface area contributed by atoms with Gasteiger partial charge >= 0.3 is 11.9 Å². The second-order valence-corrected chi connectivity index (χ2v) is 7.67. The molecule has 7 heteroatoms. The molecule has 3 atom stereocenters. The van der Waals surface area contributed by atoms with E-state index in [-0.39, 0.29) is 0 Å². The zero-order valence-corrected chi connectivity index (χ0v) is 17.5. The highest BCUT2D eigenvalue weighted by Crippen LogP contribution is 2.55. The maximum absolute atomic E-state index is 13.2. The third kappa shape index (κ3) is 2.75. The van der Waals surface area contributed by atoms with Crippen LogP contribution in [0.4, 0.5) is 0 Å². The largest absolute Gasteiger partial charge is 0.468 e. The third-order valence-corrected chi connectivity index (χ3v) is 6.10. The van der Waals surface area contributed by atoms with Crippen LogP contribution in [-0.2, 0) is 30.2 Å². The molecule has 0 bridgehead atoms. The molecule has 0 spiro atoms. The zero-order valence-electron chi connectivity index (χ0n) is 16.0. The second kappa shape index (κ2) is 7.20. The van der Waals surface area contributed by atoms with Crippen LogP contribution in [0.25, 0.3) is 0 Å². The lowest BCUT2D eigenvalue weighted by Crippen LogP contribution is -2.58. The van der Waals surface area contributed by atoms with Crippen molar-refractivity contribution in [1.29, 1.82) is 0 Å². The Labute approximate surface area is 166 Å². The van der Waals surface area contributed by atoms with Gasteiger partial charge < -0.3 is 14.2 Å². The van der Waals surface area contributed by atoms with E-state index < -0.39 is 29.4 Å². The van der Waals surface area contributed by atoms with Crippen molar-refractivity contribution in [2.75, 3.05) is 21.3 Å². The topological polar surface area (TPSA) is 74.2 Å². The van der Waals surface area contributed by atoms with E-state index in [9.17, 15) is 9.59 Å². The van der Waals surface area contributed by atoms with Gasteiger partial charge in [-0.15, -0.1) is 0 Å². The smallest absolute Gasteiger partial charge is 0.336 e. The molecule has 0 radical (unpaired) electrons. The fraction of sp³-hybridized carbons (Fsp3) is 0.450. The Morgan fingerprint density at radius 2 is 1.89 bits per heavy atom. The Hall–Kier alpha value is -1.99. The summed E-state index contributed by atoms with van der Waals surface area (Å²) in [5.41, 5.74) is 2.13. The lowest BCUT2D eigenvalue weighted by atomic mass is 9.56. The van der Waals surface area contributed by atoms with Crippen LogP contribution >= 0.6 is 15.9 Å². The molecule has 1 aromatic carbocycles. The Balaban J connectivity index is 2.41. The van der Waals surface area contributed by atoms with Gasteiger partial charge in [-0.25, -0.2) is 4.79 Å². The SMILES string of the molecule is COC(=O)C1=C(C)N=C(C)C2(C(=O)OC)C(OC)Cc3cc(Br)ccc3C12. The molecule has 6 nitrogen and oxygen atoms in total. The van der Waals surface area contributed by atoms with Gasteiger partial charge in [-0.3, -0.25) is 9.79 Å². The van der Waals surface area contributed by atoms with Crippen LogP contribution in [0.5, 0.6) is 0 Å². The minimum Gasteiger partial charge on any atom is -0.468 e. The molecule has 0 fully saturated rings. The molecular weight excluding hydrogens is 414 g/mol. The number of carbonyl (C=O) groups excluding carboxylic acids is 2. The van der Waals surface area contributed by atoms with Crippen LogP contribution in [-0.4, -0.2) is 45.1 Å². The first-order valence-electron chi connectivity index (χ1n) is 8.57. The molecule has 1 aromatic rings. The van der Waals surface area contributed by atoms with E-state index in [0.717, 1.165) is 15.6 Å². The van der Waals surface area contributed by atoms with Crippen molar-refractivity contribution in [3.63, 3.8) is 0 Å². The summed E-state index contributed by atoms with van der Waals surface area (Å²) in [5.74, 6) is -1.58. The van der Waals surface area contributed by atoms with Crippen molar-refractivity contribution in [2.24, 2.45) is 10.4 Å². The van der Waals surface area contributed by atoms with Gasteiger partial charge in [0, 0.05) is 35.3 Å². The van der Waals surface area contributed by atoms with Gasteiger partial charge in [-0.1, -0.05) is 22.0 Å². The zero-order chi connectivity index (χ0) is 19.9. The quantitative estimate of drug-likeness (QED) is 0.681. The number of hydrogen-bond donors (Lipinski definition) is 0. The molecule has 3 rings (SSSR count). The molecule has 0 saturated carbocycles. The number of rotatable bonds is 3. The average Bonchev–Trinajstić information content (AvgIpc) is 2.65. The van der Waals surface area contributed by atoms with E-state index >= 15 is 0 Å². The summed E-state index contributed by atoms with van der Waals surface area (Å²) in [6, 6.07) is 5.83. The number of halogens is 1. The fourth-order valence-corrected chi connectivity index (χ4v) is 4.88. The molecule has 3 unspecified atom stereocenters. The Morgan fingerprint density at radius 1 is 1.19 bits per heavy atom. The number of esters is 2. The maximum atomic E-state index is 13.2. The summed E-state index contributed by atoms with van der Waals surface area (Å²) in [7, 11) is 4.23. The Bertz CT molecular complexity index is 875. The second-order valence-electron chi connectivity index (χ2n) is 6.75. The average molecular weight is 436 g/mol. The number of hydrogen-bond acceptors (Lipinski definition) is 6. The van der Waals surface area contributed by atoms with Gasteiger partial charge in [-0.05, 0) is 37.1 Å². The van der Waals surface area contributed by atoms with Gasteiger partial charge in [0.05, 0.1) is 25.9 Å². The van der Waals surface area contributed by atoms with E-state index in [1.54, 1.807) is 21.0 Å². The molecule has 0 N–H and O–H groups in total. The Morgan fingerprint density at radius 3 is 2.48 bits per heavy atom. The maximum Gasteiger partial charge on any atom is 0.336 e. The number of allylic oxidation sites excluding steroid dienone is 1. The van der Waals surface area contributed by atoms with Crippen LogP contribution in [0.15, 0.2) is 38.9 Å². The summed E-state index contributed by atoms with van der Waals surface area (Å²) in [5, 5.41) is 0. The van der Waals surface area contributed by atoms with Gasteiger partial charge in [0.1, 0.15) is 5.41 Å². The molecule has 27 heavy (non-hydrogen) atoms. The number of carbonyl (C=O) groups is 2. The van der Waals surface area contributed by atoms with Crippen molar-refractivity contribution in [3.8, 4) is 0 Å². The van der Waals surface area contributed by atoms with E-state index in [1.165, 1.54) is 14.2 Å². The van der Waals surface area contributed by atoms with Crippen molar-refractivity contribution >= 4 is 33.6 Å². The lowest BCUT2D eigenvalue weighted by molar-refractivity contribution is -0.158. The monoisotopic (exact) mass is 435 g/mol. The molecule has 0 amide bonds. The molecule has 0 aromatic heterocycles. The standard InChI is InChI=1S/C20H22BrNO5/c1-10-16(18(23)26-4)17-14-7-6-13(21)8-12(14)9-15(25-3)20(17,11(2)22-10)19(24)27-5/h6-8,15,17H,9H2,1-5H3. The fourth-order valence-electron chi connectivity index (χ4n) is 4.47. The van der Waals surface area contributed by atoms with E-state index in [4.69, 9.17) is 14.2 Å². The summed E-state index contributed by atoms with van der Waals surface area (Å²) in [4.78, 5) is 30.4. The van der Waals surface area contributed by atoms with E-state index in [1.807, 2.05) is 18.2 Å². The van der Waals surface area contributed by atoms with Crippen molar-refractivity contribution < 1.29 is 23.8 Å². The van der Waals surface area contributed by atoms with Crippen LogP contribution in [0.1, 0.15) is 30.9 Å². The Kier molecular flexibility index (Phi) is 5.27. The number of benzene rings is 1. The summed E-state index contributed by atoms with van der Waals surface area (Å²) < 4.78 is 16.9. The summed E-state index contributed by atoms with van der Waals surface area (Å²) in [6.45, 7) is 3.54. The highest BCUT2D eigenvalue weighted by Gasteiger charge is 2.62. The first-order valence-corrected chi connectivity index (χ1v) is 9.36. The molecule has 1 heterocycles. The summed E-state index contributed by atoms with van der Waals surface area (Å²) >= 11 is 3.50. The van der Waals surface area contributed by atoms with Gasteiger partial charge in [0.2, 0.25) is 0 Å². The molecule has 1 aliphatic heterocycles. The van der Waals surface area contributed by atoms with Crippen LogP contribution in [0.3, 0.4) is 0 Å². The first-order chi connectivity index (χ1) is 12.8. The van der Waals surface area contributed by atoms with E-state index in [2.05, 4.69) is 20.9 Å². The lowest BCUT2D eigenvalue weighted by Gasteiger charge is -2.49.